The molecule has 134 valence electrons. The molecule has 2 unspecified atom stereocenters. The average molecular weight is 334 g/mol. The maximum absolute atomic E-state index is 12.2. The molecule has 0 saturated heterocycles. The SMILES string of the molecule is CCCCCC1C(=O)CCC1CC(=O)OC1=CC(=O)C(C)(C)CC1. The maximum atomic E-state index is 12.2. The lowest BCUT2D eigenvalue weighted by atomic mass is 9.79. The summed E-state index contributed by atoms with van der Waals surface area (Å²) in [5, 5.41) is 0. The van der Waals surface area contributed by atoms with E-state index in [9.17, 15) is 14.4 Å². The fourth-order valence-corrected chi connectivity index (χ4v) is 3.69. The van der Waals surface area contributed by atoms with Crippen LogP contribution < -0.4 is 0 Å². The molecule has 2 aliphatic rings. The van der Waals surface area contributed by atoms with Crippen molar-refractivity contribution in [3.05, 3.63) is 11.8 Å². The third-order valence-corrected chi connectivity index (χ3v) is 5.49. The van der Waals surface area contributed by atoms with Crippen molar-refractivity contribution in [1.29, 1.82) is 0 Å². The number of esters is 1. The first-order chi connectivity index (χ1) is 11.3. The molecule has 2 aliphatic carbocycles. The summed E-state index contributed by atoms with van der Waals surface area (Å²) < 4.78 is 5.42. The maximum Gasteiger partial charge on any atom is 0.311 e. The summed E-state index contributed by atoms with van der Waals surface area (Å²) in [6.45, 7) is 5.97. The van der Waals surface area contributed by atoms with Crippen LogP contribution in [0.1, 0.15) is 78.6 Å². The third kappa shape index (κ3) is 4.78. The summed E-state index contributed by atoms with van der Waals surface area (Å²) in [5.41, 5.74) is -0.363. The Morgan fingerprint density at radius 2 is 2.00 bits per heavy atom. The average Bonchev–Trinajstić information content (AvgIpc) is 2.84. The fraction of sp³-hybridized carbons (Fsp3) is 0.750. The number of carbonyl (C=O) groups excluding carboxylic acids is 3. The van der Waals surface area contributed by atoms with E-state index in [0.29, 0.717) is 30.8 Å². The Bertz CT molecular complexity index is 530. The smallest absolute Gasteiger partial charge is 0.311 e. The summed E-state index contributed by atoms with van der Waals surface area (Å²) in [4.78, 5) is 36.3. The van der Waals surface area contributed by atoms with Gasteiger partial charge in [-0.15, -0.1) is 0 Å². The van der Waals surface area contributed by atoms with Gasteiger partial charge < -0.3 is 4.74 Å². The largest absolute Gasteiger partial charge is 0.431 e. The number of hydrogen-bond acceptors (Lipinski definition) is 4. The van der Waals surface area contributed by atoms with Crippen molar-refractivity contribution >= 4 is 17.5 Å². The minimum atomic E-state index is -0.363. The molecule has 2 atom stereocenters. The van der Waals surface area contributed by atoms with Gasteiger partial charge in [-0.25, -0.2) is 0 Å². The van der Waals surface area contributed by atoms with Crippen molar-refractivity contribution in [3.8, 4) is 0 Å². The number of Topliss-reactive ketones (excluding diaryl/α,β-unsaturated/α-hetero) is 1. The van der Waals surface area contributed by atoms with E-state index in [1.54, 1.807) is 0 Å². The lowest BCUT2D eigenvalue weighted by Crippen LogP contribution is -2.27. The van der Waals surface area contributed by atoms with Crippen molar-refractivity contribution in [2.75, 3.05) is 0 Å². The molecule has 2 rings (SSSR count). The van der Waals surface area contributed by atoms with Gasteiger partial charge in [0.25, 0.3) is 0 Å². The normalized spacial score (nSPS) is 26.4. The molecule has 0 amide bonds. The van der Waals surface area contributed by atoms with Crippen molar-refractivity contribution in [3.63, 3.8) is 0 Å². The molecule has 4 nitrogen and oxygen atoms in total. The fourth-order valence-electron chi connectivity index (χ4n) is 3.69. The van der Waals surface area contributed by atoms with Gasteiger partial charge in [-0.3, -0.25) is 14.4 Å². The van der Waals surface area contributed by atoms with Crippen LogP contribution in [0.3, 0.4) is 0 Å². The van der Waals surface area contributed by atoms with Crippen LogP contribution in [0.2, 0.25) is 0 Å². The summed E-state index contributed by atoms with van der Waals surface area (Å²) >= 11 is 0. The second-order valence-corrected chi connectivity index (χ2v) is 7.90. The monoisotopic (exact) mass is 334 g/mol. The molecule has 0 aromatic heterocycles. The second-order valence-electron chi connectivity index (χ2n) is 7.90. The van der Waals surface area contributed by atoms with Gasteiger partial charge in [0.05, 0.1) is 0 Å². The first-order valence-corrected chi connectivity index (χ1v) is 9.32. The molecule has 0 aliphatic heterocycles. The Morgan fingerprint density at radius 1 is 1.25 bits per heavy atom. The van der Waals surface area contributed by atoms with Crippen LogP contribution in [-0.4, -0.2) is 17.5 Å². The molecule has 0 bridgehead atoms. The predicted molar refractivity (Wildman–Crippen MR) is 92.2 cm³/mol. The summed E-state index contributed by atoms with van der Waals surface area (Å²) in [7, 11) is 0. The number of unbranched alkanes of at least 4 members (excludes halogenated alkanes) is 2. The molecule has 24 heavy (non-hydrogen) atoms. The summed E-state index contributed by atoms with van der Waals surface area (Å²) in [6.07, 6.45) is 8.66. The van der Waals surface area contributed by atoms with Crippen molar-refractivity contribution in [2.45, 2.75) is 78.6 Å². The first-order valence-electron chi connectivity index (χ1n) is 9.32. The minimum absolute atomic E-state index is 0.0185. The van der Waals surface area contributed by atoms with Crippen LogP contribution in [0.5, 0.6) is 0 Å². The number of allylic oxidation sites excluding steroid dienone is 2. The van der Waals surface area contributed by atoms with Gasteiger partial charge in [0.1, 0.15) is 11.5 Å². The standard InChI is InChI=1S/C20H30O4/c1-4-5-6-7-16-14(8-9-17(16)21)12-19(23)24-15-10-11-20(2,3)18(22)13-15/h13-14,16H,4-12H2,1-3H3. The molecule has 0 heterocycles. The molecule has 0 spiro atoms. The van der Waals surface area contributed by atoms with Crippen LogP contribution >= 0.6 is 0 Å². The van der Waals surface area contributed by atoms with Gasteiger partial charge in [0.15, 0.2) is 5.78 Å². The molecular weight excluding hydrogens is 304 g/mol. The van der Waals surface area contributed by atoms with E-state index in [0.717, 1.165) is 32.1 Å². The number of carbonyl (C=O) groups is 3. The quantitative estimate of drug-likeness (QED) is 0.512. The van der Waals surface area contributed by atoms with Gasteiger partial charge in [0, 0.05) is 36.7 Å². The van der Waals surface area contributed by atoms with E-state index in [4.69, 9.17) is 4.74 Å². The predicted octanol–water partition coefficient (Wildman–Crippen LogP) is 4.37. The first kappa shape index (κ1) is 18.9. The number of rotatable bonds is 7. The van der Waals surface area contributed by atoms with E-state index in [-0.39, 0.29) is 35.4 Å². The molecule has 4 heteroatoms. The van der Waals surface area contributed by atoms with Crippen LogP contribution in [0, 0.1) is 17.3 Å². The molecule has 0 radical (unpaired) electrons. The highest BCUT2D eigenvalue weighted by molar-refractivity contribution is 5.95. The number of ketones is 2. The zero-order valence-electron chi connectivity index (χ0n) is 15.2. The van der Waals surface area contributed by atoms with Gasteiger partial charge in [-0.05, 0) is 25.2 Å². The van der Waals surface area contributed by atoms with E-state index < -0.39 is 0 Å². The van der Waals surface area contributed by atoms with Gasteiger partial charge in [-0.2, -0.15) is 0 Å². The van der Waals surface area contributed by atoms with Crippen LogP contribution in [0.15, 0.2) is 11.8 Å². The van der Waals surface area contributed by atoms with Crippen molar-refractivity contribution in [1.82, 2.24) is 0 Å². The lowest BCUT2D eigenvalue weighted by Gasteiger charge is -2.26. The summed E-state index contributed by atoms with van der Waals surface area (Å²) in [5.74, 6) is 0.635. The topological polar surface area (TPSA) is 60.4 Å². The van der Waals surface area contributed by atoms with Crippen molar-refractivity contribution < 1.29 is 19.1 Å². The van der Waals surface area contributed by atoms with Crippen molar-refractivity contribution in [2.24, 2.45) is 17.3 Å². The van der Waals surface area contributed by atoms with Gasteiger partial charge in [0.2, 0.25) is 0 Å². The molecule has 1 saturated carbocycles. The van der Waals surface area contributed by atoms with Gasteiger partial charge >= 0.3 is 5.97 Å². The molecule has 0 aromatic carbocycles. The van der Waals surface area contributed by atoms with E-state index in [2.05, 4.69) is 6.92 Å². The Hall–Kier alpha value is -1.45. The Morgan fingerprint density at radius 3 is 2.67 bits per heavy atom. The molecule has 1 fully saturated rings. The number of ether oxygens (including phenoxy) is 1. The van der Waals surface area contributed by atoms with E-state index in [1.807, 2.05) is 13.8 Å². The third-order valence-electron chi connectivity index (χ3n) is 5.49. The molecule has 0 N–H and O–H groups in total. The zero-order valence-corrected chi connectivity index (χ0v) is 15.2. The van der Waals surface area contributed by atoms with E-state index in [1.165, 1.54) is 6.08 Å². The second kappa shape index (κ2) is 8.09. The van der Waals surface area contributed by atoms with E-state index >= 15 is 0 Å². The van der Waals surface area contributed by atoms with Crippen LogP contribution in [0.4, 0.5) is 0 Å². The van der Waals surface area contributed by atoms with Gasteiger partial charge in [-0.1, -0.05) is 40.0 Å². The Balaban J connectivity index is 1.87. The molecule has 0 aromatic rings. The zero-order chi connectivity index (χ0) is 17.7. The highest BCUT2D eigenvalue weighted by Gasteiger charge is 2.36. The minimum Gasteiger partial charge on any atom is -0.431 e. The highest BCUT2D eigenvalue weighted by Crippen LogP contribution is 2.36. The Kier molecular flexibility index (Phi) is 6.36. The lowest BCUT2D eigenvalue weighted by molar-refractivity contribution is -0.141. The molecular formula is C20H30O4. The number of hydrogen-bond donors (Lipinski definition) is 0. The Labute approximate surface area is 145 Å². The highest BCUT2D eigenvalue weighted by atomic mass is 16.5. The van der Waals surface area contributed by atoms with Crippen LogP contribution in [0.25, 0.3) is 0 Å². The summed E-state index contributed by atoms with van der Waals surface area (Å²) in [6, 6.07) is 0. The van der Waals surface area contributed by atoms with Crippen LogP contribution in [-0.2, 0) is 19.1 Å².